The molecule has 0 aliphatic rings. The van der Waals surface area contributed by atoms with Crippen molar-refractivity contribution in [2.45, 2.75) is 27.2 Å². The van der Waals surface area contributed by atoms with Crippen molar-refractivity contribution < 1.29 is 13.2 Å². The first-order valence-electron chi connectivity index (χ1n) is 5.50. The minimum absolute atomic E-state index is 0.0843. The third-order valence-corrected chi connectivity index (χ3v) is 4.01. The summed E-state index contributed by atoms with van der Waals surface area (Å²) >= 11 is 0. The van der Waals surface area contributed by atoms with Gasteiger partial charge in [0.05, 0.1) is 12.3 Å². The van der Waals surface area contributed by atoms with Gasteiger partial charge in [0.15, 0.2) is 0 Å². The van der Waals surface area contributed by atoms with Gasteiger partial charge >= 0.3 is 0 Å². The Bertz CT molecular complexity index is 312. The summed E-state index contributed by atoms with van der Waals surface area (Å²) in [6, 6.07) is 0. The lowest BCUT2D eigenvalue weighted by molar-refractivity contribution is -0.121. The van der Waals surface area contributed by atoms with E-state index in [2.05, 4.69) is 5.32 Å². The number of amides is 1. The maximum atomic E-state index is 11.6. The molecule has 0 aliphatic carbocycles. The molecule has 0 saturated carbocycles. The van der Waals surface area contributed by atoms with E-state index in [0.717, 1.165) is 4.31 Å². The van der Waals surface area contributed by atoms with Crippen molar-refractivity contribution in [1.82, 2.24) is 9.62 Å². The third kappa shape index (κ3) is 6.07. The number of carbonyl (C=O) groups is 1. The van der Waals surface area contributed by atoms with Gasteiger partial charge in [-0.1, -0.05) is 20.8 Å². The monoisotopic (exact) mass is 250 g/mol. The van der Waals surface area contributed by atoms with Gasteiger partial charge in [0.25, 0.3) is 0 Å². The summed E-state index contributed by atoms with van der Waals surface area (Å²) in [5, 5.41) is 2.68. The summed E-state index contributed by atoms with van der Waals surface area (Å²) in [5.74, 6) is 0.193. The topological polar surface area (TPSA) is 66.5 Å². The van der Waals surface area contributed by atoms with Crippen molar-refractivity contribution in [3.63, 3.8) is 0 Å². The summed E-state index contributed by atoms with van der Waals surface area (Å²) in [6.45, 7) is 6.23. The zero-order valence-corrected chi connectivity index (χ0v) is 11.3. The molecule has 0 aliphatic heterocycles. The fourth-order valence-corrected chi connectivity index (χ4v) is 2.23. The molecule has 0 aromatic rings. The predicted octanol–water partition coefficient (Wildman–Crippen LogP) is 0.430. The predicted molar refractivity (Wildman–Crippen MR) is 64.6 cm³/mol. The Balaban J connectivity index is 4.14. The molecule has 96 valence electrons. The van der Waals surface area contributed by atoms with Crippen molar-refractivity contribution in [3.8, 4) is 0 Å². The second kappa shape index (κ2) is 6.85. The molecular formula is C10H22N2O3S. The summed E-state index contributed by atoms with van der Waals surface area (Å²) in [5.41, 5.74) is 0. The summed E-state index contributed by atoms with van der Waals surface area (Å²) < 4.78 is 24.2. The number of carbonyl (C=O) groups excluding carboxylic acids is 1. The first kappa shape index (κ1) is 15.4. The van der Waals surface area contributed by atoms with E-state index in [1.54, 1.807) is 6.92 Å². The normalized spacial score (nSPS) is 12.1. The summed E-state index contributed by atoms with van der Waals surface area (Å²) in [7, 11) is -1.84. The Hall–Kier alpha value is -0.620. The average molecular weight is 250 g/mol. The first-order chi connectivity index (χ1) is 7.29. The molecule has 0 fully saturated rings. The van der Waals surface area contributed by atoms with Gasteiger partial charge in [0, 0.05) is 13.6 Å². The van der Waals surface area contributed by atoms with Gasteiger partial charge in [-0.2, -0.15) is 4.31 Å². The van der Waals surface area contributed by atoms with Crippen LogP contribution in [0, 0.1) is 5.92 Å². The van der Waals surface area contributed by atoms with E-state index < -0.39 is 10.0 Å². The molecule has 0 aromatic heterocycles. The second-order valence-corrected chi connectivity index (χ2v) is 6.47. The minimum Gasteiger partial charge on any atom is -0.355 e. The smallest absolute Gasteiger partial charge is 0.235 e. The summed E-state index contributed by atoms with van der Waals surface area (Å²) in [4.78, 5) is 11.4. The largest absolute Gasteiger partial charge is 0.355 e. The highest BCUT2D eigenvalue weighted by atomic mass is 32.2. The molecule has 0 saturated heterocycles. The zero-order chi connectivity index (χ0) is 12.8. The fourth-order valence-electron chi connectivity index (χ4n) is 1.09. The van der Waals surface area contributed by atoms with E-state index in [9.17, 15) is 13.2 Å². The van der Waals surface area contributed by atoms with Gasteiger partial charge in [-0.05, 0) is 12.3 Å². The van der Waals surface area contributed by atoms with Gasteiger partial charge in [0.1, 0.15) is 0 Å². The van der Waals surface area contributed by atoms with Crippen LogP contribution in [0.2, 0.25) is 0 Å². The highest BCUT2D eigenvalue weighted by Crippen LogP contribution is 1.99. The SMILES string of the molecule is CCCS(=O)(=O)N(C)CC(=O)NCC(C)C. The molecule has 0 aromatic carbocycles. The lowest BCUT2D eigenvalue weighted by Crippen LogP contribution is -2.40. The Labute approximate surface area is 98.3 Å². The molecule has 0 rings (SSSR count). The van der Waals surface area contributed by atoms with Crippen LogP contribution in [0.15, 0.2) is 0 Å². The molecule has 0 radical (unpaired) electrons. The lowest BCUT2D eigenvalue weighted by Gasteiger charge is -2.16. The number of nitrogens with one attached hydrogen (secondary N) is 1. The Morgan fingerprint density at radius 2 is 1.94 bits per heavy atom. The van der Waals surface area contributed by atoms with Gasteiger partial charge < -0.3 is 5.32 Å². The number of hydrogen-bond acceptors (Lipinski definition) is 3. The maximum absolute atomic E-state index is 11.6. The van der Waals surface area contributed by atoms with Crippen molar-refractivity contribution in [2.75, 3.05) is 25.9 Å². The van der Waals surface area contributed by atoms with Crippen LogP contribution in [0.5, 0.6) is 0 Å². The molecule has 0 unspecified atom stereocenters. The van der Waals surface area contributed by atoms with Crippen LogP contribution in [-0.4, -0.2) is 44.5 Å². The van der Waals surface area contributed by atoms with E-state index in [1.807, 2.05) is 13.8 Å². The van der Waals surface area contributed by atoms with E-state index in [-0.39, 0.29) is 18.2 Å². The molecule has 0 atom stereocenters. The highest BCUT2D eigenvalue weighted by molar-refractivity contribution is 7.89. The molecule has 6 heteroatoms. The Morgan fingerprint density at radius 3 is 2.38 bits per heavy atom. The molecule has 1 N–H and O–H groups in total. The lowest BCUT2D eigenvalue weighted by atomic mass is 10.2. The number of likely N-dealkylation sites (N-methyl/N-ethyl adjacent to an activating group) is 1. The van der Waals surface area contributed by atoms with Crippen molar-refractivity contribution in [3.05, 3.63) is 0 Å². The second-order valence-electron chi connectivity index (χ2n) is 4.27. The molecule has 0 heterocycles. The number of hydrogen-bond donors (Lipinski definition) is 1. The van der Waals surface area contributed by atoms with E-state index in [4.69, 9.17) is 0 Å². The standard InChI is InChI=1S/C10H22N2O3S/c1-5-6-16(14,15)12(4)8-10(13)11-7-9(2)3/h9H,5-8H2,1-4H3,(H,11,13). The number of sulfonamides is 1. The van der Waals surface area contributed by atoms with Crippen LogP contribution < -0.4 is 5.32 Å². The maximum Gasteiger partial charge on any atom is 0.235 e. The first-order valence-corrected chi connectivity index (χ1v) is 7.11. The average Bonchev–Trinajstić information content (AvgIpc) is 2.14. The Morgan fingerprint density at radius 1 is 1.38 bits per heavy atom. The fraction of sp³-hybridized carbons (Fsp3) is 0.900. The van der Waals surface area contributed by atoms with Crippen LogP contribution in [0.3, 0.4) is 0 Å². The zero-order valence-electron chi connectivity index (χ0n) is 10.5. The molecule has 0 bridgehead atoms. The Kier molecular flexibility index (Phi) is 6.59. The van der Waals surface area contributed by atoms with Gasteiger partial charge in [-0.3, -0.25) is 4.79 Å². The third-order valence-electron chi connectivity index (χ3n) is 2.01. The van der Waals surface area contributed by atoms with Crippen molar-refractivity contribution in [2.24, 2.45) is 5.92 Å². The minimum atomic E-state index is -3.27. The van der Waals surface area contributed by atoms with Crippen LogP contribution in [0.4, 0.5) is 0 Å². The quantitative estimate of drug-likeness (QED) is 0.712. The molecule has 16 heavy (non-hydrogen) atoms. The van der Waals surface area contributed by atoms with E-state index in [1.165, 1.54) is 7.05 Å². The molecular weight excluding hydrogens is 228 g/mol. The summed E-state index contributed by atoms with van der Waals surface area (Å²) in [6.07, 6.45) is 0.556. The molecule has 5 nitrogen and oxygen atoms in total. The van der Waals surface area contributed by atoms with Crippen LogP contribution in [-0.2, 0) is 14.8 Å². The van der Waals surface area contributed by atoms with Crippen LogP contribution >= 0.6 is 0 Å². The van der Waals surface area contributed by atoms with Gasteiger partial charge in [0.2, 0.25) is 15.9 Å². The highest BCUT2D eigenvalue weighted by Gasteiger charge is 2.19. The van der Waals surface area contributed by atoms with Crippen LogP contribution in [0.1, 0.15) is 27.2 Å². The molecule has 1 amide bonds. The van der Waals surface area contributed by atoms with Crippen LogP contribution in [0.25, 0.3) is 0 Å². The molecule has 0 spiro atoms. The van der Waals surface area contributed by atoms with Gasteiger partial charge in [-0.15, -0.1) is 0 Å². The van der Waals surface area contributed by atoms with E-state index >= 15 is 0 Å². The van der Waals surface area contributed by atoms with Crippen molar-refractivity contribution in [1.29, 1.82) is 0 Å². The van der Waals surface area contributed by atoms with E-state index in [0.29, 0.717) is 18.9 Å². The van der Waals surface area contributed by atoms with Gasteiger partial charge in [-0.25, -0.2) is 8.42 Å². The number of nitrogens with zero attached hydrogens (tertiary/aromatic N) is 1. The van der Waals surface area contributed by atoms with Crippen molar-refractivity contribution >= 4 is 15.9 Å². The number of rotatable bonds is 7.